The van der Waals surface area contributed by atoms with Gasteiger partial charge in [0.1, 0.15) is 5.69 Å². The normalized spacial score (nSPS) is 12.5. The maximum absolute atomic E-state index is 12.5. The van der Waals surface area contributed by atoms with Gasteiger partial charge in [-0.25, -0.2) is 4.98 Å². The van der Waals surface area contributed by atoms with E-state index in [0.29, 0.717) is 18.0 Å². The zero-order valence-electron chi connectivity index (χ0n) is 13.4. The molecule has 2 aromatic rings. The van der Waals surface area contributed by atoms with E-state index in [1.54, 1.807) is 0 Å². The number of carbonyl (C=O) groups is 1. The summed E-state index contributed by atoms with van der Waals surface area (Å²) >= 11 is 0. The van der Waals surface area contributed by atoms with Crippen molar-refractivity contribution in [3.63, 3.8) is 0 Å². The number of unbranched alkanes of at least 4 members (excludes halogenated alkanes) is 1. The van der Waals surface area contributed by atoms with Gasteiger partial charge in [0.15, 0.2) is 5.78 Å². The van der Waals surface area contributed by atoms with E-state index in [9.17, 15) is 4.79 Å². The summed E-state index contributed by atoms with van der Waals surface area (Å²) in [4.78, 5) is 17.1. The smallest absolute Gasteiger partial charge is 0.181 e. The number of benzene rings is 1. The molecular formula is C19H25NO. The minimum atomic E-state index is 0.187. The molecule has 1 aromatic carbocycles. The average Bonchev–Trinajstić information content (AvgIpc) is 2.51. The van der Waals surface area contributed by atoms with Gasteiger partial charge in [0.05, 0.1) is 5.52 Å². The van der Waals surface area contributed by atoms with Crippen molar-refractivity contribution in [3.8, 4) is 0 Å². The molecule has 0 aliphatic carbocycles. The number of Topliss-reactive ketones (excluding diaryl/α,β-unsaturated/α-hetero) is 1. The van der Waals surface area contributed by atoms with Crippen molar-refractivity contribution in [2.75, 3.05) is 0 Å². The van der Waals surface area contributed by atoms with Crippen LogP contribution >= 0.6 is 0 Å². The van der Waals surface area contributed by atoms with Crippen LogP contribution in [0.25, 0.3) is 10.9 Å². The molecular weight excluding hydrogens is 258 g/mol. The molecule has 0 amide bonds. The van der Waals surface area contributed by atoms with Crippen LogP contribution in [0.2, 0.25) is 0 Å². The molecule has 0 radical (unpaired) electrons. The lowest BCUT2D eigenvalue weighted by Crippen LogP contribution is -2.10. The Bertz CT molecular complexity index is 618. The summed E-state index contributed by atoms with van der Waals surface area (Å²) in [6, 6.07) is 9.96. The first kappa shape index (κ1) is 15.7. The Balaban J connectivity index is 2.19. The maximum Gasteiger partial charge on any atom is 0.181 e. The van der Waals surface area contributed by atoms with Crippen molar-refractivity contribution < 1.29 is 4.79 Å². The van der Waals surface area contributed by atoms with Crippen LogP contribution in [0.5, 0.6) is 0 Å². The molecule has 0 aliphatic heterocycles. The Morgan fingerprint density at radius 2 is 2.00 bits per heavy atom. The van der Waals surface area contributed by atoms with E-state index in [1.807, 2.05) is 24.3 Å². The first-order valence-electron chi connectivity index (χ1n) is 8.05. The van der Waals surface area contributed by atoms with Gasteiger partial charge in [-0.2, -0.15) is 0 Å². The lowest BCUT2D eigenvalue weighted by atomic mass is 9.92. The first-order valence-corrected chi connectivity index (χ1v) is 8.05. The zero-order valence-corrected chi connectivity index (χ0v) is 13.4. The van der Waals surface area contributed by atoms with Crippen LogP contribution < -0.4 is 0 Å². The minimum Gasteiger partial charge on any atom is -0.292 e. The van der Waals surface area contributed by atoms with E-state index in [-0.39, 0.29) is 5.78 Å². The molecule has 0 saturated carbocycles. The topological polar surface area (TPSA) is 30.0 Å². The molecule has 0 aliphatic rings. The van der Waals surface area contributed by atoms with E-state index in [2.05, 4.69) is 31.8 Å². The number of nitrogens with zero attached hydrogens (tertiary/aromatic N) is 1. The van der Waals surface area contributed by atoms with E-state index in [4.69, 9.17) is 0 Å². The molecule has 112 valence electrons. The van der Waals surface area contributed by atoms with Gasteiger partial charge < -0.3 is 0 Å². The van der Waals surface area contributed by atoms with Crippen LogP contribution in [0, 0.1) is 12.8 Å². The molecule has 1 heterocycles. The third-order valence-corrected chi connectivity index (χ3v) is 4.23. The highest BCUT2D eigenvalue weighted by molar-refractivity contribution is 5.97. The number of rotatable bonds is 7. The predicted octanol–water partition coefficient (Wildman–Crippen LogP) is 5.33. The van der Waals surface area contributed by atoms with Gasteiger partial charge in [0.2, 0.25) is 0 Å². The van der Waals surface area contributed by atoms with Gasteiger partial charge >= 0.3 is 0 Å². The summed E-state index contributed by atoms with van der Waals surface area (Å²) in [5, 5.41) is 1.13. The molecule has 21 heavy (non-hydrogen) atoms. The molecule has 0 fully saturated rings. The van der Waals surface area contributed by atoms with Crippen LogP contribution in [0.3, 0.4) is 0 Å². The van der Waals surface area contributed by atoms with Crippen LogP contribution in [-0.2, 0) is 0 Å². The number of para-hydroxylation sites is 1. The molecule has 0 N–H and O–H groups in total. The van der Waals surface area contributed by atoms with E-state index in [1.165, 1.54) is 12.8 Å². The van der Waals surface area contributed by atoms with Crippen molar-refractivity contribution in [1.29, 1.82) is 0 Å². The van der Waals surface area contributed by atoms with Crippen LogP contribution in [0.4, 0.5) is 0 Å². The van der Waals surface area contributed by atoms with Gasteiger partial charge in [-0.3, -0.25) is 4.79 Å². The van der Waals surface area contributed by atoms with E-state index < -0.39 is 0 Å². The minimum absolute atomic E-state index is 0.187. The number of carbonyl (C=O) groups excluding carboxylic acids is 1. The predicted molar refractivity (Wildman–Crippen MR) is 88.7 cm³/mol. The highest BCUT2D eigenvalue weighted by Crippen LogP contribution is 2.22. The molecule has 2 rings (SSSR count). The van der Waals surface area contributed by atoms with Gasteiger partial charge in [-0.15, -0.1) is 0 Å². The Morgan fingerprint density at radius 3 is 2.71 bits per heavy atom. The third-order valence-electron chi connectivity index (χ3n) is 4.23. The summed E-state index contributed by atoms with van der Waals surface area (Å²) in [5.41, 5.74) is 2.68. The second-order valence-corrected chi connectivity index (χ2v) is 5.89. The van der Waals surface area contributed by atoms with Crippen molar-refractivity contribution in [1.82, 2.24) is 4.98 Å². The summed E-state index contributed by atoms with van der Waals surface area (Å²) < 4.78 is 0. The number of pyridine rings is 1. The van der Waals surface area contributed by atoms with Crippen molar-refractivity contribution in [3.05, 3.63) is 41.6 Å². The number of aromatic nitrogens is 1. The fourth-order valence-corrected chi connectivity index (χ4v) is 2.80. The molecule has 0 bridgehead atoms. The second-order valence-electron chi connectivity index (χ2n) is 5.89. The summed E-state index contributed by atoms with van der Waals surface area (Å²) in [6.45, 7) is 6.42. The highest BCUT2D eigenvalue weighted by Gasteiger charge is 2.15. The number of hydrogen-bond acceptors (Lipinski definition) is 2. The van der Waals surface area contributed by atoms with Crippen LogP contribution in [0.1, 0.15) is 62.0 Å². The first-order chi connectivity index (χ1) is 10.2. The standard InChI is InChI=1S/C19H25NO/c1-4-6-9-15(5-2)13-19(21)18-12-14(3)16-10-7-8-11-17(16)20-18/h7-8,10-12,15H,4-6,9,13H2,1-3H3. The Morgan fingerprint density at radius 1 is 1.24 bits per heavy atom. The lowest BCUT2D eigenvalue weighted by molar-refractivity contribution is 0.0952. The summed E-state index contributed by atoms with van der Waals surface area (Å²) in [5.74, 6) is 0.679. The van der Waals surface area contributed by atoms with Crippen molar-refractivity contribution in [2.24, 2.45) is 5.92 Å². The molecule has 0 saturated heterocycles. The Labute approximate surface area is 127 Å². The maximum atomic E-state index is 12.5. The fourth-order valence-electron chi connectivity index (χ4n) is 2.80. The molecule has 2 nitrogen and oxygen atoms in total. The molecule has 1 atom stereocenters. The third kappa shape index (κ3) is 3.90. The van der Waals surface area contributed by atoms with Crippen molar-refractivity contribution >= 4 is 16.7 Å². The second kappa shape index (κ2) is 7.35. The summed E-state index contributed by atoms with van der Waals surface area (Å²) in [7, 11) is 0. The quantitative estimate of drug-likeness (QED) is 0.643. The fraction of sp³-hybridized carbons (Fsp3) is 0.474. The SMILES string of the molecule is CCCCC(CC)CC(=O)c1cc(C)c2ccccc2n1. The van der Waals surface area contributed by atoms with Crippen LogP contribution in [0.15, 0.2) is 30.3 Å². The van der Waals surface area contributed by atoms with Gasteiger partial charge in [0.25, 0.3) is 0 Å². The number of aryl methyl sites for hydroxylation is 1. The molecule has 0 spiro atoms. The monoisotopic (exact) mass is 283 g/mol. The number of fused-ring (bicyclic) bond motifs is 1. The average molecular weight is 283 g/mol. The largest absolute Gasteiger partial charge is 0.292 e. The molecule has 2 heteroatoms. The lowest BCUT2D eigenvalue weighted by Gasteiger charge is -2.13. The van der Waals surface area contributed by atoms with Gasteiger partial charge in [-0.1, -0.05) is 57.7 Å². The van der Waals surface area contributed by atoms with Crippen molar-refractivity contribution in [2.45, 2.75) is 52.9 Å². The number of hydrogen-bond donors (Lipinski definition) is 0. The Kier molecular flexibility index (Phi) is 5.49. The van der Waals surface area contributed by atoms with E-state index >= 15 is 0 Å². The zero-order chi connectivity index (χ0) is 15.2. The highest BCUT2D eigenvalue weighted by atomic mass is 16.1. The number of ketones is 1. The molecule has 1 aromatic heterocycles. The van der Waals surface area contributed by atoms with Gasteiger partial charge in [-0.05, 0) is 30.5 Å². The summed E-state index contributed by atoms with van der Waals surface area (Å²) in [6.07, 6.45) is 5.23. The van der Waals surface area contributed by atoms with Crippen LogP contribution in [-0.4, -0.2) is 10.8 Å². The Hall–Kier alpha value is -1.70. The molecule has 1 unspecified atom stereocenters. The van der Waals surface area contributed by atoms with E-state index in [0.717, 1.165) is 29.3 Å². The van der Waals surface area contributed by atoms with Gasteiger partial charge in [0, 0.05) is 11.8 Å².